The van der Waals surface area contributed by atoms with Crippen molar-refractivity contribution >= 4 is 11.6 Å². The van der Waals surface area contributed by atoms with E-state index in [0.29, 0.717) is 35.9 Å². The number of hydrogen-bond acceptors (Lipinski definition) is 4. The SMILES string of the molecule is CCC1CN(Cc2cc(Cl)c3c(c2)OCCO3)CCC1N. The maximum atomic E-state index is 6.30. The molecule has 116 valence electrons. The van der Waals surface area contributed by atoms with Gasteiger partial charge in [-0.15, -0.1) is 0 Å². The highest BCUT2D eigenvalue weighted by atomic mass is 35.5. The zero-order valence-electron chi connectivity index (χ0n) is 12.5. The summed E-state index contributed by atoms with van der Waals surface area (Å²) in [4.78, 5) is 2.46. The summed E-state index contributed by atoms with van der Waals surface area (Å²) in [7, 11) is 0. The minimum atomic E-state index is 0.343. The molecule has 0 saturated carbocycles. The Kier molecular flexibility index (Phi) is 4.57. The van der Waals surface area contributed by atoms with Gasteiger partial charge in [0, 0.05) is 19.1 Å². The second-order valence-electron chi connectivity index (χ2n) is 5.96. The van der Waals surface area contributed by atoms with E-state index in [9.17, 15) is 0 Å². The molecule has 5 heteroatoms. The summed E-state index contributed by atoms with van der Waals surface area (Å²) in [5.74, 6) is 2.04. The number of halogens is 1. The van der Waals surface area contributed by atoms with Crippen molar-refractivity contribution in [3.63, 3.8) is 0 Å². The Hall–Kier alpha value is -0.970. The molecular formula is C16H23ClN2O2. The summed E-state index contributed by atoms with van der Waals surface area (Å²) in [5.41, 5.74) is 7.35. The number of rotatable bonds is 3. The Morgan fingerprint density at radius 2 is 2.14 bits per heavy atom. The van der Waals surface area contributed by atoms with Gasteiger partial charge >= 0.3 is 0 Å². The molecule has 2 unspecified atom stereocenters. The van der Waals surface area contributed by atoms with Gasteiger partial charge in [0.1, 0.15) is 13.2 Å². The highest BCUT2D eigenvalue weighted by molar-refractivity contribution is 6.32. The van der Waals surface area contributed by atoms with Gasteiger partial charge in [0.15, 0.2) is 11.5 Å². The lowest BCUT2D eigenvalue weighted by atomic mass is 9.90. The highest BCUT2D eigenvalue weighted by Crippen LogP contribution is 2.38. The highest BCUT2D eigenvalue weighted by Gasteiger charge is 2.26. The molecule has 1 fully saturated rings. The number of piperidine rings is 1. The topological polar surface area (TPSA) is 47.7 Å². The lowest BCUT2D eigenvalue weighted by Gasteiger charge is -2.36. The first kappa shape index (κ1) is 14.9. The van der Waals surface area contributed by atoms with Crippen LogP contribution in [0.4, 0.5) is 0 Å². The zero-order chi connectivity index (χ0) is 14.8. The minimum Gasteiger partial charge on any atom is -0.486 e. The summed E-state index contributed by atoms with van der Waals surface area (Å²) in [6, 6.07) is 4.38. The Morgan fingerprint density at radius 1 is 1.33 bits per heavy atom. The molecule has 1 aromatic rings. The number of hydrogen-bond donors (Lipinski definition) is 1. The fourth-order valence-corrected chi connectivity index (χ4v) is 3.50. The number of nitrogens with zero attached hydrogens (tertiary/aromatic N) is 1. The third kappa shape index (κ3) is 3.28. The molecule has 2 heterocycles. The van der Waals surface area contributed by atoms with Crippen LogP contribution < -0.4 is 15.2 Å². The van der Waals surface area contributed by atoms with E-state index in [-0.39, 0.29) is 0 Å². The molecule has 0 amide bonds. The Balaban J connectivity index is 1.72. The Labute approximate surface area is 131 Å². The van der Waals surface area contributed by atoms with Gasteiger partial charge in [0.05, 0.1) is 5.02 Å². The van der Waals surface area contributed by atoms with E-state index >= 15 is 0 Å². The summed E-state index contributed by atoms with van der Waals surface area (Å²) in [6.07, 6.45) is 2.20. The van der Waals surface area contributed by atoms with Crippen LogP contribution in [0.15, 0.2) is 12.1 Å². The van der Waals surface area contributed by atoms with Gasteiger partial charge in [0.2, 0.25) is 0 Å². The quantitative estimate of drug-likeness (QED) is 0.932. The molecule has 0 radical (unpaired) electrons. The van der Waals surface area contributed by atoms with Gasteiger partial charge in [-0.05, 0) is 36.6 Å². The smallest absolute Gasteiger partial charge is 0.179 e. The van der Waals surface area contributed by atoms with E-state index in [1.165, 1.54) is 5.56 Å². The molecule has 1 aromatic carbocycles. The van der Waals surface area contributed by atoms with Crippen molar-refractivity contribution in [3.8, 4) is 11.5 Å². The maximum Gasteiger partial charge on any atom is 0.179 e. The molecule has 0 aromatic heterocycles. The second kappa shape index (κ2) is 6.42. The number of likely N-dealkylation sites (tertiary alicyclic amines) is 1. The fourth-order valence-electron chi connectivity index (χ4n) is 3.21. The first-order valence-electron chi connectivity index (χ1n) is 7.73. The van der Waals surface area contributed by atoms with Gasteiger partial charge < -0.3 is 15.2 Å². The average Bonchev–Trinajstić information content (AvgIpc) is 2.49. The first-order valence-corrected chi connectivity index (χ1v) is 8.11. The van der Waals surface area contributed by atoms with Crippen LogP contribution in [0.3, 0.4) is 0 Å². The molecule has 3 rings (SSSR count). The summed E-state index contributed by atoms with van der Waals surface area (Å²) in [6.45, 7) is 6.36. The summed E-state index contributed by atoms with van der Waals surface area (Å²) >= 11 is 6.30. The van der Waals surface area contributed by atoms with E-state index in [4.69, 9.17) is 26.8 Å². The molecule has 2 aliphatic rings. The van der Waals surface area contributed by atoms with Crippen molar-refractivity contribution in [2.75, 3.05) is 26.3 Å². The molecule has 4 nitrogen and oxygen atoms in total. The third-order valence-electron chi connectivity index (χ3n) is 4.46. The van der Waals surface area contributed by atoms with Gasteiger partial charge in [0.25, 0.3) is 0 Å². The van der Waals surface area contributed by atoms with E-state index in [2.05, 4.69) is 17.9 Å². The number of nitrogens with two attached hydrogens (primary N) is 1. The maximum absolute atomic E-state index is 6.30. The van der Waals surface area contributed by atoms with Crippen LogP contribution in [0, 0.1) is 5.92 Å². The van der Waals surface area contributed by atoms with Crippen LogP contribution >= 0.6 is 11.6 Å². The predicted octanol–water partition coefficient (Wildman–Crippen LogP) is 2.67. The molecule has 2 atom stereocenters. The second-order valence-corrected chi connectivity index (χ2v) is 6.36. The standard InChI is InChI=1S/C16H23ClN2O2/c1-2-12-10-19(4-3-14(12)18)9-11-7-13(17)16-15(8-11)20-5-6-21-16/h7-8,12,14H,2-6,9-10,18H2,1H3. The minimum absolute atomic E-state index is 0.343. The van der Waals surface area contributed by atoms with Crippen molar-refractivity contribution in [1.29, 1.82) is 0 Å². The summed E-state index contributed by atoms with van der Waals surface area (Å²) < 4.78 is 11.2. The van der Waals surface area contributed by atoms with Gasteiger partial charge in [-0.2, -0.15) is 0 Å². The molecular weight excluding hydrogens is 288 g/mol. The monoisotopic (exact) mass is 310 g/mol. The zero-order valence-corrected chi connectivity index (χ0v) is 13.2. The Bertz CT molecular complexity index is 509. The van der Waals surface area contributed by atoms with Crippen molar-refractivity contribution in [1.82, 2.24) is 4.90 Å². The van der Waals surface area contributed by atoms with E-state index in [1.807, 2.05) is 6.07 Å². The largest absolute Gasteiger partial charge is 0.486 e. The van der Waals surface area contributed by atoms with Crippen LogP contribution in [0.2, 0.25) is 5.02 Å². The number of fused-ring (bicyclic) bond motifs is 1. The number of ether oxygens (including phenoxy) is 2. The summed E-state index contributed by atoms with van der Waals surface area (Å²) in [5, 5.41) is 0.642. The Morgan fingerprint density at radius 3 is 2.95 bits per heavy atom. The van der Waals surface area contributed by atoms with Gasteiger partial charge in [-0.3, -0.25) is 4.90 Å². The van der Waals surface area contributed by atoms with Crippen molar-refractivity contribution in [2.45, 2.75) is 32.4 Å². The van der Waals surface area contributed by atoms with Crippen LogP contribution in [0.1, 0.15) is 25.3 Å². The molecule has 0 bridgehead atoms. The third-order valence-corrected chi connectivity index (χ3v) is 4.74. The van der Waals surface area contributed by atoms with E-state index in [1.54, 1.807) is 0 Å². The molecule has 1 saturated heterocycles. The fraction of sp³-hybridized carbons (Fsp3) is 0.625. The van der Waals surface area contributed by atoms with Crippen LogP contribution in [0.25, 0.3) is 0 Å². The van der Waals surface area contributed by atoms with E-state index < -0.39 is 0 Å². The van der Waals surface area contributed by atoms with Crippen LogP contribution in [-0.4, -0.2) is 37.2 Å². The van der Waals surface area contributed by atoms with Crippen molar-refractivity contribution in [2.24, 2.45) is 11.7 Å². The normalized spacial score (nSPS) is 25.9. The van der Waals surface area contributed by atoms with Crippen molar-refractivity contribution in [3.05, 3.63) is 22.7 Å². The van der Waals surface area contributed by atoms with Crippen LogP contribution in [-0.2, 0) is 6.54 Å². The lowest BCUT2D eigenvalue weighted by Crippen LogP contribution is -2.46. The van der Waals surface area contributed by atoms with Crippen molar-refractivity contribution < 1.29 is 9.47 Å². The number of benzene rings is 1. The van der Waals surface area contributed by atoms with Gasteiger partial charge in [-0.1, -0.05) is 24.9 Å². The molecule has 0 aliphatic carbocycles. The average molecular weight is 311 g/mol. The predicted molar refractivity (Wildman–Crippen MR) is 84.1 cm³/mol. The lowest BCUT2D eigenvalue weighted by molar-refractivity contribution is 0.144. The molecule has 2 N–H and O–H groups in total. The first-order chi connectivity index (χ1) is 10.2. The molecule has 21 heavy (non-hydrogen) atoms. The van der Waals surface area contributed by atoms with E-state index in [0.717, 1.165) is 38.2 Å². The van der Waals surface area contributed by atoms with Crippen LogP contribution in [0.5, 0.6) is 11.5 Å². The molecule has 2 aliphatic heterocycles. The van der Waals surface area contributed by atoms with Gasteiger partial charge in [-0.25, -0.2) is 0 Å². The molecule has 0 spiro atoms.